The normalized spacial score (nSPS) is 15.2. The molecule has 1 aliphatic rings. The molecule has 3 aromatic rings. The van der Waals surface area contributed by atoms with Gasteiger partial charge in [0.15, 0.2) is 5.17 Å². The SMILES string of the molecule is O=C(N=C1SCC(=O)N1c1ccc([N+](=O)[O-])cc1)c1cc2ccccc2oc1=O. The van der Waals surface area contributed by atoms with E-state index in [0.29, 0.717) is 16.7 Å². The van der Waals surface area contributed by atoms with Crippen molar-refractivity contribution in [3.63, 3.8) is 0 Å². The summed E-state index contributed by atoms with van der Waals surface area (Å²) in [6.45, 7) is 0. The van der Waals surface area contributed by atoms with Gasteiger partial charge in [-0.05, 0) is 24.3 Å². The van der Waals surface area contributed by atoms with E-state index in [4.69, 9.17) is 4.42 Å². The van der Waals surface area contributed by atoms with E-state index in [1.165, 1.54) is 35.2 Å². The molecule has 1 aliphatic heterocycles. The molecule has 144 valence electrons. The minimum atomic E-state index is -0.839. The van der Waals surface area contributed by atoms with Crippen LogP contribution in [0.5, 0.6) is 0 Å². The molecule has 0 N–H and O–H groups in total. The highest BCUT2D eigenvalue weighted by Crippen LogP contribution is 2.28. The quantitative estimate of drug-likeness (QED) is 0.370. The number of para-hydroxylation sites is 1. The summed E-state index contributed by atoms with van der Waals surface area (Å²) in [6, 6.07) is 13.4. The number of amides is 2. The van der Waals surface area contributed by atoms with E-state index in [0.717, 1.165) is 11.8 Å². The van der Waals surface area contributed by atoms with Crippen LogP contribution < -0.4 is 10.5 Å². The molecule has 2 aromatic carbocycles. The van der Waals surface area contributed by atoms with Crippen LogP contribution >= 0.6 is 11.8 Å². The first-order valence-corrected chi connectivity index (χ1v) is 9.29. The minimum Gasteiger partial charge on any atom is -0.422 e. The van der Waals surface area contributed by atoms with Crippen molar-refractivity contribution in [2.24, 2.45) is 4.99 Å². The number of fused-ring (bicyclic) bond motifs is 1. The molecule has 4 rings (SSSR count). The molecule has 1 saturated heterocycles. The summed E-state index contributed by atoms with van der Waals surface area (Å²) in [5, 5.41) is 11.5. The summed E-state index contributed by atoms with van der Waals surface area (Å²) < 4.78 is 5.15. The summed E-state index contributed by atoms with van der Waals surface area (Å²) in [5.41, 5.74) is -0.521. The Morgan fingerprint density at radius 2 is 1.86 bits per heavy atom. The van der Waals surface area contributed by atoms with Crippen LogP contribution in [0.1, 0.15) is 10.4 Å². The zero-order valence-electron chi connectivity index (χ0n) is 14.6. The predicted molar refractivity (Wildman–Crippen MR) is 107 cm³/mol. The van der Waals surface area contributed by atoms with Crippen LogP contribution in [-0.4, -0.2) is 27.7 Å². The molecule has 0 aliphatic carbocycles. The third-order valence-corrected chi connectivity index (χ3v) is 5.08. The maximum Gasteiger partial charge on any atom is 0.349 e. The van der Waals surface area contributed by atoms with Gasteiger partial charge in [-0.3, -0.25) is 24.6 Å². The highest BCUT2D eigenvalue weighted by Gasteiger charge is 2.31. The first kappa shape index (κ1) is 18.6. The van der Waals surface area contributed by atoms with Crippen LogP contribution in [0.15, 0.2) is 68.8 Å². The third kappa shape index (κ3) is 3.52. The summed E-state index contributed by atoms with van der Waals surface area (Å²) in [5.74, 6) is -1.12. The van der Waals surface area contributed by atoms with Gasteiger partial charge in [0.2, 0.25) is 5.91 Å². The Bertz CT molecular complexity index is 1250. The van der Waals surface area contributed by atoms with Crippen molar-refractivity contribution in [1.82, 2.24) is 0 Å². The minimum absolute atomic E-state index is 0.0510. The lowest BCUT2D eigenvalue weighted by molar-refractivity contribution is -0.384. The monoisotopic (exact) mass is 409 g/mol. The van der Waals surface area contributed by atoms with Crippen molar-refractivity contribution in [2.75, 3.05) is 10.7 Å². The Morgan fingerprint density at radius 1 is 1.14 bits per heavy atom. The van der Waals surface area contributed by atoms with Gasteiger partial charge in [-0.25, -0.2) is 4.79 Å². The average molecular weight is 409 g/mol. The fourth-order valence-electron chi connectivity index (χ4n) is 2.78. The summed E-state index contributed by atoms with van der Waals surface area (Å²) in [7, 11) is 0. The Balaban J connectivity index is 1.70. The number of aliphatic imine (C=N–C) groups is 1. The van der Waals surface area contributed by atoms with Crippen molar-refractivity contribution in [3.05, 3.63) is 80.7 Å². The van der Waals surface area contributed by atoms with Gasteiger partial charge in [-0.2, -0.15) is 4.99 Å². The Kier molecular flexibility index (Phi) is 4.69. The van der Waals surface area contributed by atoms with E-state index in [-0.39, 0.29) is 28.1 Å². The predicted octanol–water partition coefficient (Wildman–Crippen LogP) is 2.98. The van der Waals surface area contributed by atoms with Crippen molar-refractivity contribution >= 4 is 51.1 Å². The Morgan fingerprint density at radius 3 is 2.59 bits per heavy atom. The number of benzene rings is 2. The zero-order valence-corrected chi connectivity index (χ0v) is 15.4. The zero-order chi connectivity index (χ0) is 20.5. The van der Waals surface area contributed by atoms with Gasteiger partial charge in [-0.1, -0.05) is 30.0 Å². The number of nitro benzene ring substituents is 1. The van der Waals surface area contributed by atoms with E-state index in [2.05, 4.69) is 4.99 Å². The first-order valence-electron chi connectivity index (χ1n) is 8.30. The van der Waals surface area contributed by atoms with Gasteiger partial charge in [0.1, 0.15) is 11.1 Å². The lowest BCUT2D eigenvalue weighted by atomic mass is 10.2. The van der Waals surface area contributed by atoms with E-state index in [9.17, 15) is 24.5 Å². The average Bonchev–Trinajstić information content (AvgIpc) is 3.07. The summed E-state index contributed by atoms with van der Waals surface area (Å²) in [4.78, 5) is 52.4. The second-order valence-corrected chi connectivity index (χ2v) is 6.92. The molecule has 1 fully saturated rings. The van der Waals surface area contributed by atoms with Crippen molar-refractivity contribution in [1.29, 1.82) is 0 Å². The molecule has 9 nitrogen and oxygen atoms in total. The molecular weight excluding hydrogens is 398 g/mol. The second kappa shape index (κ2) is 7.32. The van der Waals surface area contributed by atoms with Gasteiger partial charge >= 0.3 is 5.63 Å². The number of non-ortho nitro benzene ring substituents is 1. The summed E-state index contributed by atoms with van der Waals surface area (Å²) >= 11 is 1.04. The van der Waals surface area contributed by atoms with Crippen LogP contribution in [0, 0.1) is 10.1 Å². The number of carbonyl (C=O) groups is 2. The molecule has 29 heavy (non-hydrogen) atoms. The van der Waals surface area contributed by atoms with Crippen LogP contribution in [0.4, 0.5) is 11.4 Å². The molecule has 0 unspecified atom stereocenters. The maximum atomic E-state index is 12.6. The Hall–Kier alpha value is -3.79. The Labute approximate surface area is 166 Å². The number of thioether (sulfide) groups is 1. The number of carbonyl (C=O) groups excluding carboxylic acids is 2. The molecule has 2 amide bonds. The number of hydrogen-bond acceptors (Lipinski definition) is 7. The number of nitro groups is 1. The fraction of sp³-hybridized carbons (Fsp3) is 0.0526. The number of nitrogens with zero attached hydrogens (tertiary/aromatic N) is 3. The van der Waals surface area contributed by atoms with E-state index < -0.39 is 16.5 Å². The summed E-state index contributed by atoms with van der Waals surface area (Å²) in [6.07, 6.45) is 0. The molecule has 0 bridgehead atoms. The largest absolute Gasteiger partial charge is 0.422 e. The number of hydrogen-bond donors (Lipinski definition) is 0. The smallest absolute Gasteiger partial charge is 0.349 e. The fourth-order valence-corrected chi connectivity index (χ4v) is 3.65. The van der Waals surface area contributed by atoms with Gasteiger partial charge in [0.25, 0.3) is 11.6 Å². The molecule has 0 saturated carbocycles. The third-order valence-electron chi connectivity index (χ3n) is 4.15. The van der Waals surface area contributed by atoms with Gasteiger partial charge in [-0.15, -0.1) is 0 Å². The maximum absolute atomic E-state index is 12.6. The van der Waals surface area contributed by atoms with Crippen LogP contribution in [0.3, 0.4) is 0 Å². The van der Waals surface area contributed by atoms with Crippen LogP contribution in [0.2, 0.25) is 0 Å². The standard InChI is InChI=1S/C19H11N3O6S/c23-16-10-29-19(21(16)12-5-7-13(8-6-12)22(26)27)20-17(24)14-9-11-3-1-2-4-15(11)28-18(14)25/h1-9H,10H2. The lowest BCUT2D eigenvalue weighted by Gasteiger charge is -2.15. The molecule has 0 radical (unpaired) electrons. The topological polar surface area (TPSA) is 123 Å². The molecule has 2 heterocycles. The van der Waals surface area contributed by atoms with E-state index >= 15 is 0 Å². The number of amidine groups is 1. The lowest BCUT2D eigenvalue weighted by Crippen LogP contribution is -2.30. The van der Waals surface area contributed by atoms with Crippen LogP contribution in [0.25, 0.3) is 11.0 Å². The highest BCUT2D eigenvalue weighted by molar-refractivity contribution is 8.15. The molecular formula is C19H11N3O6S. The van der Waals surface area contributed by atoms with Gasteiger partial charge in [0, 0.05) is 17.5 Å². The van der Waals surface area contributed by atoms with Gasteiger partial charge in [0.05, 0.1) is 16.4 Å². The van der Waals surface area contributed by atoms with Crippen molar-refractivity contribution in [2.45, 2.75) is 0 Å². The molecule has 1 aromatic heterocycles. The number of rotatable bonds is 3. The second-order valence-electron chi connectivity index (χ2n) is 5.98. The van der Waals surface area contributed by atoms with Gasteiger partial charge < -0.3 is 4.42 Å². The van der Waals surface area contributed by atoms with Crippen molar-refractivity contribution in [3.8, 4) is 0 Å². The molecule has 10 heteroatoms. The first-order chi connectivity index (χ1) is 13.9. The number of anilines is 1. The van der Waals surface area contributed by atoms with Crippen molar-refractivity contribution < 1.29 is 18.9 Å². The molecule has 0 spiro atoms. The highest BCUT2D eigenvalue weighted by atomic mass is 32.2. The molecule has 0 atom stereocenters. The van der Waals surface area contributed by atoms with E-state index in [1.807, 2.05) is 0 Å². The van der Waals surface area contributed by atoms with E-state index in [1.54, 1.807) is 24.3 Å². The van der Waals surface area contributed by atoms with Crippen LogP contribution in [-0.2, 0) is 4.79 Å².